The molecule has 1 aliphatic heterocycles. The van der Waals surface area contributed by atoms with Gasteiger partial charge in [-0.2, -0.15) is 0 Å². The van der Waals surface area contributed by atoms with E-state index in [1.807, 2.05) is 6.92 Å². The molecule has 1 aromatic carbocycles. The van der Waals surface area contributed by atoms with Crippen LogP contribution in [-0.2, 0) is 4.74 Å². The topological polar surface area (TPSA) is 30.5 Å². The molecule has 1 aromatic rings. The Bertz CT molecular complexity index is 411. The van der Waals surface area contributed by atoms with Crippen LogP contribution in [0, 0.1) is 12.7 Å². The summed E-state index contributed by atoms with van der Waals surface area (Å²) >= 11 is 0. The maximum Gasteiger partial charge on any atom is 0.126 e. The number of ether oxygens (including phenoxy) is 2. The van der Waals surface area contributed by atoms with Crippen LogP contribution in [0.1, 0.15) is 25.3 Å². The number of benzene rings is 1. The Morgan fingerprint density at radius 3 is 2.95 bits per heavy atom. The summed E-state index contributed by atoms with van der Waals surface area (Å²) in [5, 5.41) is 3.29. The highest BCUT2D eigenvalue weighted by atomic mass is 19.1. The molecule has 0 aliphatic carbocycles. The van der Waals surface area contributed by atoms with Gasteiger partial charge in [0.1, 0.15) is 18.2 Å². The van der Waals surface area contributed by atoms with Crippen LogP contribution >= 0.6 is 0 Å². The van der Waals surface area contributed by atoms with Crippen LogP contribution in [0.2, 0.25) is 0 Å². The molecule has 0 amide bonds. The van der Waals surface area contributed by atoms with Gasteiger partial charge in [0.25, 0.3) is 0 Å². The van der Waals surface area contributed by atoms with E-state index < -0.39 is 0 Å². The molecule has 1 fully saturated rings. The van der Waals surface area contributed by atoms with Crippen LogP contribution in [-0.4, -0.2) is 31.9 Å². The van der Waals surface area contributed by atoms with Gasteiger partial charge in [-0.15, -0.1) is 0 Å². The Hall–Kier alpha value is -1.13. The van der Waals surface area contributed by atoms with Gasteiger partial charge in [-0.25, -0.2) is 4.39 Å². The van der Waals surface area contributed by atoms with Gasteiger partial charge in [-0.3, -0.25) is 0 Å². The van der Waals surface area contributed by atoms with E-state index in [0.717, 1.165) is 31.5 Å². The molecule has 106 valence electrons. The highest BCUT2D eigenvalue weighted by molar-refractivity contribution is 5.32. The minimum absolute atomic E-state index is 0.117. The number of hydrogen-bond donors (Lipinski definition) is 1. The second-order valence-electron chi connectivity index (χ2n) is 4.99. The Kier molecular flexibility index (Phi) is 5.16. The van der Waals surface area contributed by atoms with Crippen molar-refractivity contribution < 1.29 is 13.9 Å². The highest BCUT2D eigenvalue weighted by Gasteiger charge is 2.25. The van der Waals surface area contributed by atoms with Crippen LogP contribution in [0.4, 0.5) is 4.39 Å². The van der Waals surface area contributed by atoms with Crippen molar-refractivity contribution in [2.45, 2.75) is 38.9 Å². The molecule has 0 aromatic heterocycles. The second-order valence-corrected chi connectivity index (χ2v) is 4.99. The molecule has 0 spiro atoms. The average Bonchev–Trinajstić information content (AvgIpc) is 2.85. The quantitative estimate of drug-likeness (QED) is 0.859. The van der Waals surface area contributed by atoms with E-state index in [4.69, 9.17) is 9.47 Å². The van der Waals surface area contributed by atoms with Crippen molar-refractivity contribution in [3.8, 4) is 5.75 Å². The van der Waals surface area contributed by atoms with Crippen LogP contribution < -0.4 is 10.1 Å². The fourth-order valence-electron chi connectivity index (χ4n) is 2.27. The zero-order valence-corrected chi connectivity index (χ0v) is 11.6. The molecule has 2 unspecified atom stereocenters. The lowest BCUT2D eigenvalue weighted by molar-refractivity contribution is 0.0186. The normalized spacial score (nSPS) is 22.7. The third kappa shape index (κ3) is 4.18. The van der Waals surface area contributed by atoms with Gasteiger partial charge >= 0.3 is 0 Å². The summed E-state index contributed by atoms with van der Waals surface area (Å²) in [4.78, 5) is 0. The van der Waals surface area contributed by atoms with Crippen molar-refractivity contribution in [2.24, 2.45) is 0 Å². The standard InChI is InChI=1S/C15H22FNO2/c1-3-17-9-13-6-7-14(19-13)10-18-15-8-12(16)5-4-11(15)2/h4-5,8,13-14,17H,3,6-7,9-10H2,1-2H3. The molecule has 0 saturated carbocycles. The van der Waals surface area contributed by atoms with Crippen LogP contribution in [0.5, 0.6) is 5.75 Å². The summed E-state index contributed by atoms with van der Waals surface area (Å²) in [5.74, 6) is 0.344. The highest BCUT2D eigenvalue weighted by Crippen LogP contribution is 2.23. The Morgan fingerprint density at radius 1 is 1.37 bits per heavy atom. The number of nitrogens with one attached hydrogen (secondary N) is 1. The first-order chi connectivity index (χ1) is 9.19. The largest absolute Gasteiger partial charge is 0.491 e. The van der Waals surface area contributed by atoms with Gasteiger partial charge in [0, 0.05) is 12.6 Å². The lowest BCUT2D eigenvalue weighted by Crippen LogP contribution is -2.28. The Balaban J connectivity index is 1.78. The van der Waals surface area contributed by atoms with E-state index in [9.17, 15) is 4.39 Å². The zero-order valence-electron chi connectivity index (χ0n) is 11.6. The first-order valence-corrected chi connectivity index (χ1v) is 6.94. The number of likely N-dealkylation sites (N-methyl/N-ethyl adjacent to an activating group) is 1. The lowest BCUT2D eigenvalue weighted by Gasteiger charge is -2.15. The maximum atomic E-state index is 13.1. The van der Waals surface area contributed by atoms with Crippen molar-refractivity contribution >= 4 is 0 Å². The average molecular weight is 267 g/mol. The van der Waals surface area contributed by atoms with Crippen molar-refractivity contribution in [1.29, 1.82) is 0 Å². The number of aryl methyl sites for hydroxylation is 1. The van der Waals surface area contributed by atoms with Gasteiger partial charge in [0.15, 0.2) is 0 Å². The first-order valence-electron chi connectivity index (χ1n) is 6.94. The van der Waals surface area contributed by atoms with Crippen molar-refractivity contribution in [2.75, 3.05) is 19.7 Å². The van der Waals surface area contributed by atoms with E-state index in [0.29, 0.717) is 12.4 Å². The van der Waals surface area contributed by atoms with Crippen molar-refractivity contribution in [3.63, 3.8) is 0 Å². The summed E-state index contributed by atoms with van der Waals surface area (Å²) in [6, 6.07) is 4.61. The van der Waals surface area contributed by atoms with E-state index in [2.05, 4.69) is 12.2 Å². The van der Waals surface area contributed by atoms with Crippen molar-refractivity contribution in [3.05, 3.63) is 29.6 Å². The third-order valence-electron chi connectivity index (χ3n) is 3.39. The fraction of sp³-hybridized carbons (Fsp3) is 0.600. The summed E-state index contributed by atoms with van der Waals surface area (Å²) in [6.07, 6.45) is 2.46. The summed E-state index contributed by atoms with van der Waals surface area (Å²) in [7, 11) is 0. The van der Waals surface area contributed by atoms with Crippen LogP contribution in [0.25, 0.3) is 0 Å². The summed E-state index contributed by atoms with van der Waals surface area (Å²) in [5.41, 5.74) is 0.948. The van der Waals surface area contributed by atoms with E-state index >= 15 is 0 Å². The number of halogens is 1. The van der Waals surface area contributed by atoms with Gasteiger partial charge in [-0.05, 0) is 37.9 Å². The smallest absolute Gasteiger partial charge is 0.126 e. The fourth-order valence-corrected chi connectivity index (χ4v) is 2.27. The predicted octanol–water partition coefficient (Wildman–Crippen LogP) is 2.67. The molecule has 1 saturated heterocycles. The first kappa shape index (κ1) is 14.3. The predicted molar refractivity (Wildman–Crippen MR) is 73.1 cm³/mol. The molecule has 0 radical (unpaired) electrons. The number of rotatable bonds is 6. The molecule has 2 atom stereocenters. The molecule has 19 heavy (non-hydrogen) atoms. The van der Waals surface area contributed by atoms with Gasteiger partial charge < -0.3 is 14.8 Å². The summed E-state index contributed by atoms with van der Waals surface area (Å²) < 4.78 is 24.7. The van der Waals surface area contributed by atoms with Gasteiger partial charge in [0.05, 0.1) is 12.2 Å². The third-order valence-corrected chi connectivity index (χ3v) is 3.39. The minimum atomic E-state index is -0.266. The Labute approximate surface area is 114 Å². The molecular weight excluding hydrogens is 245 g/mol. The molecule has 2 rings (SSSR count). The van der Waals surface area contributed by atoms with Gasteiger partial charge in [-0.1, -0.05) is 13.0 Å². The van der Waals surface area contributed by atoms with E-state index in [1.54, 1.807) is 6.07 Å². The van der Waals surface area contributed by atoms with Crippen LogP contribution in [0.15, 0.2) is 18.2 Å². The summed E-state index contributed by atoms with van der Waals surface area (Å²) in [6.45, 7) is 6.35. The SMILES string of the molecule is CCNCC1CCC(COc2cc(F)ccc2C)O1. The van der Waals surface area contributed by atoms with Crippen LogP contribution in [0.3, 0.4) is 0 Å². The van der Waals surface area contributed by atoms with E-state index in [-0.39, 0.29) is 18.0 Å². The monoisotopic (exact) mass is 267 g/mol. The molecule has 3 nitrogen and oxygen atoms in total. The molecule has 4 heteroatoms. The Morgan fingerprint density at radius 2 is 2.16 bits per heavy atom. The molecule has 1 N–H and O–H groups in total. The van der Waals surface area contributed by atoms with Crippen molar-refractivity contribution in [1.82, 2.24) is 5.32 Å². The lowest BCUT2D eigenvalue weighted by atomic mass is 10.2. The maximum absolute atomic E-state index is 13.1. The molecular formula is C15H22FNO2. The molecule has 0 bridgehead atoms. The molecule has 1 heterocycles. The number of hydrogen-bond acceptors (Lipinski definition) is 3. The second kappa shape index (κ2) is 6.87. The van der Waals surface area contributed by atoms with E-state index in [1.165, 1.54) is 12.1 Å². The molecule has 1 aliphatic rings. The zero-order chi connectivity index (χ0) is 13.7. The minimum Gasteiger partial charge on any atom is -0.491 e. The van der Waals surface area contributed by atoms with Gasteiger partial charge in [0.2, 0.25) is 0 Å².